The average molecular weight is 619 g/mol. The number of aldehydes is 1. The van der Waals surface area contributed by atoms with Gasteiger partial charge in [-0.3, -0.25) is 4.79 Å². The van der Waals surface area contributed by atoms with Crippen molar-refractivity contribution in [2.75, 3.05) is 0 Å². The fraction of sp³-hybridized carbons (Fsp3) is 0.175. The van der Waals surface area contributed by atoms with E-state index >= 15 is 0 Å². The second-order valence-corrected chi connectivity index (χ2v) is 10.8. The van der Waals surface area contributed by atoms with Gasteiger partial charge in [0, 0.05) is 5.56 Å². The predicted molar refractivity (Wildman–Crippen MR) is 183 cm³/mol. The summed E-state index contributed by atoms with van der Waals surface area (Å²) in [6.07, 6.45) is 0.847. The molecule has 5 rings (SSSR count). The fourth-order valence-electron chi connectivity index (χ4n) is 3.64. The van der Waals surface area contributed by atoms with Gasteiger partial charge in [0.1, 0.15) is 12.9 Å². The largest absolute Gasteiger partial charge is 0.478 e. The molecule has 0 spiro atoms. The van der Waals surface area contributed by atoms with Crippen molar-refractivity contribution in [2.45, 2.75) is 47.8 Å². The predicted octanol–water partition coefficient (Wildman–Crippen LogP) is 8.65. The van der Waals surface area contributed by atoms with Crippen LogP contribution in [0.3, 0.4) is 0 Å². The first-order chi connectivity index (χ1) is 22.0. The van der Waals surface area contributed by atoms with Crippen molar-refractivity contribution >= 4 is 18.2 Å². The zero-order valence-electron chi connectivity index (χ0n) is 27.1. The van der Waals surface area contributed by atoms with Crippen molar-refractivity contribution in [3.05, 3.63) is 177 Å². The topological polar surface area (TPSA) is 101 Å². The van der Waals surface area contributed by atoms with Crippen LogP contribution in [0.15, 0.2) is 121 Å². The summed E-state index contributed by atoms with van der Waals surface area (Å²) < 4.78 is 5.25. The Bertz CT molecular complexity index is 1600. The van der Waals surface area contributed by atoms with Gasteiger partial charge in [0.2, 0.25) is 0 Å². The van der Waals surface area contributed by atoms with Crippen LogP contribution in [0.2, 0.25) is 0 Å². The maximum absolute atomic E-state index is 11.8. The molecule has 6 nitrogen and oxygen atoms in total. The van der Waals surface area contributed by atoms with Gasteiger partial charge in [0.25, 0.3) is 0 Å². The molecule has 6 heteroatoms. The van der Waals surface area contributed by atoms with E-state index in [4.69, 9.17) is 14.9 Å². The van der Waals surface area contributed by atoms with Crippen LogP contribution >= 0.6 is 0 Å². The Balaban J connectivity index is 0.000000227. The van der Waals surface area contributed by atoms with E-state index < -0.39 is 5.97 Å². The van der Waals surface area contributed by atoms with Crippen LogP contribution < -0.4 is 0 Å². The lowest BCUT2D eigenvalue weighted by molar-refractivity contribution is 0.0472. The molecule has 5 aromatic carbocycles. The van der Waals surface area contributed by atoms with Crippen molar-refractivity contribution in [2.24, 2.45) is 0 Å². The maximum atomic E-state index is 11.8. The Morgan fingerprint density at radius 3 is 1.28 bits per heavy atom. The van der Waals surface area contributed by atoms with Crippen molar-refractivity contribution in [3.63, 3.8) is 0 Å². The monoisotopic (exact) mass is 618 g/mol. The van der Waals surface area contributed by atoms with Gasteiger partial charge in [-0.05, 0) is 70.0 Å². The van der Waals surface area contributed by atoms with Gasteiger partial charge in [-0.15, -0.1) is 0 Å². The van der Waals surface area contributed by atoms with Gasteiger partial charge in [-0.2, -0.15) is 0 Å². The molecular formula is C40H42O6. The number of benzene rings is 5. The minimum absolute atomic E-state index is 0.0557. The Morgan fingerprint density at radius 1 is 0.543 bits per heavy atom. The van der Waals surface area contributed by atoms with Gasteiger partial charge >= 0.3 is 11.9 Å². The lowest BCUT2D eigenvalue weighted by Crippen LogP contribution is -2.05. The second-order valence-electron chi connectivity index (χ2n) is 10.8. The number of esters is 1. The van der Waals surface area contributed by atoms with Crippen LogP contribution in [0.25, 0.3) is 0 Å². The number of ether oxygens (including phenoxy) is 1. The van der Waals surface area contributed by atoms with Crippen LogP contribution in [0.4, 0.5) is 0 Å². The molecule has 0 amide bonds. The number of aliphatic hydroxyl groups is 1. The molecule has 46 heavy (non-hydrogen) atoms. The van der Waals surface area contributed by atoms with E-state index in [9.17, 15) is 14.4 Å². The standard InChI is InChI=1S/C16H16O2.C8H8O3.C8H8O.C8H10/c1-12-3-7-14(8-4-12)11-18-16(17)15-9-5-13(2)6-10-15;9-5-6-1-3-7(4-2-6)8(10)11;1-7-2-4-8(6-9)5-3-7;1-7-3-5-8(2)6-4-7/h3-10H,11H2,1-2H3;1-4,9H,5H2,(H,10,11);2-6H,1H3;3-6H,1-2H3. The van der Waals surface area contributed by atoms with Gasteiger partial charge < -0.3 is 14.9 Å². The van der Waals surface area contributed by atoms with Crippen molar-refractivity contribution in [1.29, 1.82) is 0 Å². The highest BCUT2D eigenvalue weighted by molar-refractivity contribution is 5.89. The van der Waals surface area contributed by atoms with Crippen LogP contribution in [-0.2, 0) is 18.0 Å². The number of aromatic carboxylic acids is 1. The first-order valence-electron chi connectivity index (χ1n) is 14.8. The molecule has 0 aliphatic rings. The molecule has 5 aromatic rings. The highest BCUT2D eigenvalue weighted by Gasteiger charge is 2.06. The quantitative estimate of drug-likeness (QED) is 0.146. The van der Waals surface area contributed by atoms with E-state index in [1.807, 2.05) is 81.4 Å². The van der Waals surface area contributed by atoms with Gasteiger partial charge in [-0.1, -0.05) is 125 Å². The average Bonchev–Trinajstić information content (AvgIpc) is 3.07. The lowest BCUT2D eigenvalue weighted by Gasteiger charge is -2.05. The normalized spacial score (nSPS) is 9.61. The number of carboxylic acids is 1. The molecule has 0 aromatic heterocycles. The molecule has 0 aliphatic heterocycles. The van der Waals surface area contributed by atoms with Crippen molar-refractivity contribution < 1.29 is 29.3 Å². The van der Waals surface area contributed by atoms with Crippen LogP contribution in [0.1, 0.15) is 70.0 Å². The Kier molecular flexibility index (Phi) is 15.9. The molecule has 0 bridgehead atoms. The smallest absolute Gasteiger partial charge is 0.338 e. The number of aryl methyl sites for hydroxylation is 5. The Morgan fingerprint density at radius 2 is 0.891 bits per heavy atom. The lowest BCUT2D eigenvalue weighted by atomic mass is 10.1. The fourth-order valence-corrected chi connectivity index (χ4v) is 3.64. The van der Waals surface area contributed by atoms with E-state index in [1.54, 1.807) is 24.3 Å². The number of rotatable bonds is 6. The first-order valence-corrected chi connectivity index (χ1v) is 14.8. The number of hydrogen-bond donors (Lipinski definition) is 2. The molecule has 238 valence electrons. The molecule has 0 heterocycles. The molecule has 0 aliphatic carbocycles. The van der Waals surface area contributed by atoms with E-state index in [-0.39, 0.29) is 18.1 Å². The highest BCUT2D eigenvalue weighted by atomic mass is 16.5. The van der Waals surface area contributed by atoms with E-state index in [0.29, 0.717) is 12.2 Å². The summed E-state index contributed by atoms with van der Waals surface area (Å²) in [5.41, 5.74) is 9.45. The molecule has 0 saturated heterocycles. The molecule has 0 atom stereocenters. The summed E-state index contributed by atoms with van der Waals surface area (Å²) in [5.74, 6) is -1.23. The SMILES string of the molecule is Cc1ccc(C)cc1.Cc1ccc(C=O)cc1.Cc1ccc(COC(=O)c2ccc(C)cc2)cc1.O=C(O)c1ccc(CO)cc1. The summed E-state index contributed by atoms with van der Waals surface area (Å²) >= 11 is 0. The zero-order chi connectivity index (χ0) is 33.9. The van der Waals surface area contributed by atoms with E-state index in [1.165, 1.54) is 34.4 Å². The van der Waals surface area contributed by atoms with E-state index in [2.05, 4.69) is 38.1 Å². The molecule has 0 unspecified atom stereocenters. The number of carbonyl (C=O) groups is 3. The minimum Gasteiger partial charge on any atom is -0.478 e. The van der Waals surface area contributed by atoms with Gasteiger partial charge in [0.05, 0.1) is 17.7 Å². The van der Waals surface area contributed by atoms with Crippen molar-refractivity contribution in [3.8, 4) is 0 Å². The summed E-state index contributed by atoms with van der Waals surface area (Å²) in [6, 6.07) is 37.4. The molecular weight excluding hydrogens is 576 g/mol. The van der Waals surface area contributed by atoms with Crippen LogP contribution in [-0.4, -0.2) is 28.4 Å². The Hall–Kier alpha value is -5.33. The van der Waals surface area contributed by atoms with E-state index in [0.717, 1.165) is 28.5 Å². The van der Waals surface area contributed by atoms with Crippen LogP contribution in [0.5, 0.6) is 0 Å². The highest BCUT2D eigenvalue weighted by Crippen LogP contribution is 2.09. The number of hydrogen-bond acceptors (Lipinski definition) is 5. The summed E-state index contributed by atoms with van der Waals surface area (Å²) in [7, 11) is 0. The molecule has 0 fully saturated rings. The Labute approximate surface area is 272 Å². The number of carboxylic acid groups (broad SMARTS) is 1. The zero-order valence-corrected chi connectivity index (χ0v) is 27.1. The third-order valence-corrected chi connectivity index (χ3v) is 6.59. The van der Waals surface area contributed by atoms with Gasteiger partial charge in [0.15, 0.2) is 0 Å². The maximum Gasteiger partial charge on any atom is 0.338 e. The van der Waals surface area contributed by atoms with Crippen LogP contribution in [0, 0.1) is 34.6 Å². The molecule has 0 radical (unpaired) electrons. The third-order valence-electron chi connectivity index (χ3n) is 6.59. The molecule has 0 saturated carbocycles. The second kappa shape index (κ2) is 19.8. The van der Waals surface area contributed by atoms with Gasteiger partial charge in [-0.25, -0.2) is 9.59 Å². The number of carbonyl (C=O) groups excluding carboxylic acids is 2. The summed E-state index contributed by atoms with van der Waals surface area (Å²) in [5, 5.41) is 17.1. The summed E-state index contributed by atoms with van der Waals surface area (Å²) in [6.45, 7) is 10.5. The minimum atomic E-state index is -0.950. The van der Waals surface area contributed by atoms with Crippen molar-refractivity contribution in [1.82, 2.24) is 0 Å². The molecule has 2 N–H and O–H groups in total. The third kappa shape index (κ3) is 14.4. The summed E-state index contributed by atoms with van der Waals surface area (Å²) in [4.78, 5) is 32.2. The number of aliphatic hydroxyl groups excluding tert-OH is 1. The first kappa shape index (κ1) is 36.9.